The number of nitrogens with zero attached hydrogens (tertiary/aromatic N) is 3. The second kappa shape index (κ2) is 10.6. The lowest BCUT2D eigenvalue weighted by Crippen LogP contribution is -2.43. The van der Waals surface area contributed by atoms with Gasteiger partial charge < -0.3 is 9.74 Å². The number of hydrogen-bond donors (Lipinski definition) is 0. The highest BCUT2D eigenvalue weighted by Crippen LogP contribution is 2.31. The minimum Gasteiger partial charge on any atom is -0.367 e. The monoisotopic (exact) mass is 471 g/mol. The van der Waals surface area contributed by atoms with Gasteiger partial charge in [0.2, 0.25) is 0 Å². The summed E-state index contributed by atoms with van der Waals surface area (Å²) < 4.78 is 0. The minimum absolute atomic E-state index is 0.0848. The SMILES string of the molecule is CCN(C(=O)c1csc(C2CCN(OC(=O)C(C)(C)C)CC2)n1)C(C)C(=O)c1ccccc1. The topological polar surface area (TPSA) is 79.8 Å². The average molecular weight is 472 g/mol. The van der Waals surface area contributed by atoms with E-state index < -0.39 is 11.5 Å². The lowest BCUT2D eigenvalue weighted by atomic mass is 9.97. The standard InChI is InChI=1S/C25H33N3O4S/c1-6-28(17(2)21(29)18-10-8-7-9-11-18)23(30)20-16-33-22(26-20)19-12-14-27(15-13-19)32-24(31)25(3,4)5/h7-11,16-17,19H,6,12-15H2,1-5H3. The summed E-state index contributed by atoms with van der Waals surface area (Å²) in [6, 6.07) is 8.46. The summed E-state index contributed by atoms with van der Waals surface area (Å²) in [5, 5.41) is 4.42. The van der Waals surface area contributed by atoms with E-state index in [1.54, 1.807) is 34.4 Å². The quantitative estimate of drug-likeness (QED) is 0.551. The summed E-state index contributed by atoms with van der Waals surface area (Å²) in [5.41, 5.74) is 0.436. The molecular formula is C25H33N3O4S. The molecule has 1 unspecified atom stereocenters. The van der Waals surface area contributed by atoms with E-state index in [0.29, 0.717) is 30.9 Å². The Bertz CT molecular complexity index is 975. The zero-order chi connectivity index (χ0) is 24.2. The van der Waals surface area contributed by atoms with Gasteiger partial charge in [-0.05, 0) is 47.5 Å². The van der Waals surface area contributed by atoms with Crippen molar-refractivity contribution in [2.24, 2.45) is 5.41 Å². The Morgan fingerprint density at radius 1 is 1.18 bits per heavy atom. The van der Waals surface area contributed by atoms with E-state index in [4.69, 9.17) is 4.84 Å². The Labute approximate surface area is 199 Å². The van der Waals surface area contributed by atoms with Gasteiger partial charge in [-0.1, -0.05) is 30.3 Å². The summed E-state index contributed by atoms with van der Waals surface area (Å²) in [6.45, 7) is 10.8. The number of amides is 1. The number of thiazole rings is 1. The molecule has 3 rings (SSSR count). The van der Waals surface area contributed by atoms with Crippen LogP contribution in [-0.4, -0.2) is 58.3 Å². The number of benzene rings is 1. The summed E-state index contributed by atoms with van der Waals surface area (Å²) >= 11 is 1.48. The van der Waals surface area contributed by atoms with Gasteiger partial charge >= 0.3 is 5.97 Å². The zero-order valence-corrected chi connectivity index (χ0v) is 20.9. The van der Waals surface area contributed by atoms with Gasteiger partial charge in [-0.3, -0.25) is 9.59 Å². The second-order valence-corrected chi connectivity index (χ2v) is 10.3. The molecule has 1 fully saturated rings. The number of hydroxylamine groups is 2. The molecule has 2 aromatic rings. The Morgan fingerprint density at radius 3 is 2.39 bits per heavy atom. The van der Waals surface area contributed by atoms with Crippen LogP contribution in [0.3, 0.4) is 0 Å². The number of carbonyl (C=O) groups excluding carboxylic acids is 3. The molecule has 7 nitrogen and oxygen atoms in total. The summed E-state index contributed by atoms with van der Waals surface area (Å²) in [7, 11) is 0. The first kappa shape index (κ1) is 25.1. The van der Waals surface area contributed by atoms with Gasteiger partial charge in [-0.25, -0.2) is 9.78 Å². The van der Waals surface area contributed by atoms with E-state index in [2.05, 4.69) is 4.98 Å². The first-order valence-corrected chi connectivity index (χ1v) is 12.3. The van der Waals surface area contributed by atoms with Gasteiger partial charge in [-0.15, -0.1) is 16.4 Å². The van der Waals surface area contributed by atoms with Crippen molar-refractivity contribution in [2.45, 2.75) is 59.4 Å². The smallest absolute Gasteiger partial charge is 0.330 e. The van der Waals surface area contributed by atoms with Crippen molar-refractivity contribution in [1.29, 1.82) is 0 Å². The van der Waals surface area contributed by atoms with E-state index >= 15 is 0 Å². The van der Waals surface area contributed by atoms with Crippen LogP contribution < -0.4 is 0 Å². The minimum atomic E-state index is -0.573. The maximum atomic E-state index is 13.2. The molecule has 0 N–H and O–H groups in total. The molecule has 0 aliphatic carbocycles. The normalized spacial score (nSPS) is 16.3. The van der Waals surface area contributed by atoms with E-state index in [0.717, 1.165) is 17.8 Å². The molecule has 1 aromatic carbocycles. The molecule has 1 amide bonds. The zero-order valence-electron chi connectivity index (χ0n) is 20.0. The fourth-order valence-corrected chi connectivity index (χ4v) is 4.71. The molecule has 1 aliphatic heterocycles. The van der Waals surface area contributed by atoms with Gasteiger partial charge in [0, 0.05) is 36.5 Å². The molecule has 0 bridgehead atoms. The summed E-state index contributed by atoms with van der Waals surface area (Å²) in [6.07, 6.45) is 1.61. The molecule has 0 saturated carbocycles. The number of rotatable bonds is 7. The number of hydrogen-bond acceptors (Lipinski definition) is 7. The van der Waals surface area contributed by atoms with Crippen LogP contribution in [0.1, 0.15) is 79.2 Å². The summed E-state index contributed by atoms with van der Waals surface area (Å²) in [4.78, 5) is 49.8. The molecule has 33 heavy (non-hydrogen) atoms. The van der Waals surface area contributed by atoms with Crippen molar-refractivity contribution in [3.05, 3.63) is 52.0 Å². The largest absolute Gasteiger partial charge is 0.367 e. The number of carbonyl (C=O) groups is 3. The molecule has 178 valence electrons. The Hall–Kier alpha value is -2.58. The lowest BCUT2D eigenvalue weighted by molar-refractivity contribution is -0.204. The van der Waals surface area contributed by atoms with Crippen LogP contribution in [0.5, 0.6) is 0 Å². The van der Waals surface area contributed by atoms with E-state index in [1.165, 1.54) is 11.3 Å². The maximum absolute atomic E-state index is 13.2. The maximum Gasteiger partial charge on any atom is 0.330 e. The predicted octanol–water partition coefficient (Wildman–Crippen LogP) is 4.56. The molecule has 2 heterocycles. The van der Waals surface area contributed by atoms with Crippen molar-refractivity contribution in [3.63, 3.8) is 0 Å². The van der Waals surface area contributed by atoms with Gasteiger partial charge in [0.1, 0.15) is 5.69 Å². The molecule has 0 radical (unpaired) electrons. The average Bonchev–Trinajstić information content (AvgIpc) is 3.29. The van der Waals surface area contributed by atoms with Crippen molar-refractivity contribution in [3.8, 4) is 0 Å². The first-order valence-electron chi connectivity index (χ1n) is 11.4. The van der Waals surface area contributed by atoms with Crippen molar-refractivity contribution in [1.82, 2.24) is 14.9 Å². The highest BCUT2D eigenvalue weighted by Gasteiger charge is 2.31. The second-order valence-electron chi connectivity index (χ2n) is 9.40. The van der Waals surface area contributed by atoms with Crippen LogP contribution in [0.15, 0.2) is 35.7 Å². The highest BCUT2D eigenvalue weighted by atomic mass is 32.1. The van der Waals surface area contributed by atoms with E-state index in [-0.39, 0.29) is 23.6 Å². The van der Waals surface area contributed by atoms with Crippen LogP contribution >= 0.6 is 11.3 Å². The van der Waals surface area contributed by atoms with Gasteiger partial charge in [0.05, 0.1) is 16.5 Å². The third kappa shape index (κ3) is 6.06. The predicted molar refractivity (Wildman–Crippen MR) is 128 cm³/mol. The Balaban J connectivity index is 1.62. The molecule has 8 heteroatoms. The Morgan fingerprint density at radius 2 is 1.82 bits per heavy atom. The van der Waals surface area contributed by atoms with Crippen LogP contribution in [-0.2, 0) is 9.63 Å². The third-order valence-corrected chi connectivity index (χ3v) is 6.88. The molecule has 1 atom stereocenters. The molecular weight excluding hydrogens is 438 g/mol. The van der Waals surface area contributed by atoms with Gasteiger partial charge in [0.25, 0.3) is 5.91 Å². The Kier molecular flexibility index (Phi) is 8.02. The first-order chi connectivity index (χ1) is 15.6. The summed E-state index contributed by atoms with van der Waals surface area (Å²) in [5.74, 6) is -0.326. The molecule has 0 spiro atoms. The fourth-order valence-electron chi connectivity index (χ4n) is 3.75. The number of likely N-dealkylation sites (N-methyl/N-ethyl adjacent to an activating group) is 1. The number of piperidine rings is 1. The van der Waals surface area contributed by atoms with E-state index in [1.807, 2.05) is 45.9 Å². The highest BCUT2D eigenvalue weighted by molar-refractivity contribution is 7.09. The van der Waals surface area contributed by atoms with Crippen LogP contribution in [0, 0.1) is 5.41 Å². The third-order valence-electron chi connectivity index (χ3n) is 5.88. The molecule has 1 aliphatic rings. The van der Waals surface area contributed by atoms with Crippen molar-refractivity contribution >= 4 is 29.0 Å². The van der Waals surface area contributed by atoms with Crippen LogP contribution in [0.25, 0.3) is 0 Å². The number of ketones is 1. The number of aromatic nitrogens is 1. The van der Waals surface area contributed by atoms with Gasteiger partial charge in [-0.2, -0.15) is 0 Å². The van der Waals surface area contributed by atoms with Crippen LogP contribution in [0.2, 0.25) is 0 Å². The van der Waals surface area contributed by atoms with Crippen molar-refractivity contribution in [2.75, 3.05) is 19.6 Å². The molecule has 1 saturated heterocycles. The molecule has 1 aromatic heterocycles. The fraction of sp³-hybridized carbons (Fsp3) is 0.520. The van der Waals surface area contributed by atoms with E-state index in [9.17, 15) is 14.4 Å². The van der Waals surface area contributed by atoms with Crippen molar-refractivity contribution < 1.29 is 19.2 Å². The lowest BCUT2D eigenvalue weighted by Gasteiger charge is -2.31. The van der Waals surface area contributed by atoms with Crippen LogP contribution in [0.4, 0.5) is 0 Å². The number of Topliss-reactive ketones (excluding diaryl/α,β-unsaturated/α-hetero) is 1. The van der Waals surface area contributed by atoms with Gasteiger partial charge in [0.15, 0.2) is 5.78 Å².